The van der Waals surface area contributed by atoms with Gasteiger partial charge in [-0.2, -0.15) is 0 Å². The molecule has 7 nitrogen and oxygen atoms in total. The lowest BCUT2D eigenvalue weighted by atomic mass is 10.2. The van der Waals surface area contributed by atoms with E-state index in [-0.39, 0.29) is 15.5 Å². The molecule has 0 unspecified atom stereocenters. The lowest BCUT2D eigenvalue weighted by Gasteiger charge is -2.20. The Bertz CT molecular complexity index is 1420. The number of carbonyl (C=O) groups is 1. The molecule has 0 aliphatic heterocycles. The van der Waals surface area contributed by atoms with E-state index in [2.05, 4.69) is 10.3 Å². The van der Waals surface area contributed by atoms with E-state index in [1.807, 2.05) is 35.8 Å². The molecule has 1 aromatic heterocycles. The fourth-order valence-corrected chi connectivity index (χ4v) is 4.99. The number of rotatable bonds is 7. The molecule has 9 heteroatoms. The molecule has 0 spiro atoms. The molecule has 33 heavy (non-hydrogen) atoms. The normalized spacial score (nSPS) is 11.5. The van der Waals surface area contributed by atoms with Gasteiger partial charge in [-0.05, 0) is 48.9 Å². The third-order valence-corrected chi connectivity index (χ3v) is 7.40. The zero-order chi connectivity index (χ0) is 23.6. The van der Waals surface area contributed by atoms with Crippen LogP contribution in [0.1, 0.15) is 23.7 Å². The first-order chi connectivity index (χ1) is 15.8. The fourth-order valence-electron chi connectivity index (χ4n) is 3.56. The van der Waals surface area contributed by atoms with Crippen LogP contribution in [0.4, 0.5) is 11.6 Å². The predicted octanol–water partition coefficient (Wildman–Crippen LogP) is 5.18. The third kappa shape index (κ3) is 4.44. The Labute approximate surface area is 197 Å². The first-order valence-corrected chi connectivity index (χ1v) is 12.2. The summed E-state index contributed by atoms with van der Waals surface area (Å²) in [5.74, 6) is -0.152. The van der Waals surface area contributed by atoms with Gasteiger partial charge in [-0.3, -0.25) is 14.4 Å². The topological polar surface area (TPSA) is 84.3 Å². The van der Waals surface area contributed by atoms with Crippen molar-refractivity contribution in [2.24, 2.45) is 0 Å². The summed E-state index contributed by atoms with van der Waals surface area (Å²) in [7, 11) is -2.44. The van der Waals surface area contributed by atoms with E-state index in [0.29, 0.717) is 18.2 Å². The van der Waals surface area contributed by atoms with Crippen LogP contribution in [0, 0.1) is 0 Å². The number of sulfonamides is 1. The van der Waals surface area contributed by atoms with E-state index < -0.39 is 15.9 Å². The smallest absolute Gasteiger partial charge is 0.264 e. The molecule has 4 aromatic rings. The van der Waals surface area contributed by atoms with Crippen molar-refractivity contribution in [3.8, 4) is 0 Å². The van der Waals surface area contributed by atoms with Gasteiger partial charge in [-0.15, -0.1) is 0 Å². The zero-order valence-electron chi connectivity index (χ0n) is 18.2. The van der Waals surface area contributed by atoms with E-state index in [1.165, 1.54) is 29.6 Å². The number of amides is 1. The Morgan fingerprint density at radius 1 is 1.06 bits per heavy atom. The number of para-hydroxylation sites is 3. The number of hydrogen-bond donors (Lipinski definition) is 1. The van der Waals surface area contributed by atoms with Crippen LogP contribution in [0.15, 0.2) is 77.7 Å². The van der Waals surface area contributed by atoms with E-state index in [4.69, 9.17) is 11.6 Å². The molecule has 4 rings (SSSR count). The van der Waals surface area contributed by atoms with Gasteiger partial charge in [0.05, 0.1) is 32.2 Å². The van der Waals surface area contributed by atoms with Gasteiger partial charge in [-0.25, -0.2) is 13.4 Å². The van der Waals surface area contributed by atoms with Crippen LogP contribution in [0.3, 0.4) is 0 Å². The quantitative estimate of drug-likeness (QED) is 0.393. The van der Waals surface area contributed by atoms with Gasteiger partial charge in [0, 0.05) is 13.6 Å². The number of anilines is 2. The zero-order valence-corrected chi connectivity index (χ0v) is 19.8. The van der Waals surface area contributed by atoms with Gasteiger partial charge >= 0.3 is 0 Å². The Morgan fingerprint density at radius 2 is 1.76 bits per heavy atom. The summed E-state index contributed by atoms with van der Waals surface area (Å²) in [5, 5.41) is 2.95. The number of halogens is 1. The van der Waals surface area contributed by atoms with Crippen LogP contribution in [0.5, 0.6) is 0 Å². The number of fused-ring (bicyclic) bond motifs is 1. The first kappa shape index (κ1) is 22.8. The van der Waals surface area contributed by atoms with Crippen LogP contribution < -0.4 is 9.62 Å². The summed E-state index contributed by atoms with van der Waals surface area (Å²) >= 11 is 6.29. The fraction of sp³-hybridized carbons (Fsp3) is 0.167. The van der Waals surface area contributed by atoms with Crippen molar-refractivity contribution >= 4 is 50.2 Å². The van der Waals surface area contributed by atoms with Crippen LogP contribution in [0.2, 0.25) is 5.02 Å². The highest BCUT2D eigenvalue weighted by Crippen LogP contribution is 2.27. The van der Waals surface area contributed by atoms with Crippen molar-refractivity contribution in [3.05, 3.63) is 83.4 Å². The Morgan fingerprint density at radius 3 is 2.48 bits per heavy atom. The van der Waals surface area contributed by atoms with E-state index in [1.54, 1.807) is 30.3 Å². The van der Waals surface area contributed by atoms with Crippen molar-refractivity contribution in [2.45, 2.75) is 24.8 Å². The average molecular weight is 483 g/mol. The van der Waals surface area contributed by atoms with Crippen LogP contribution >= 0.6 is 11.6 Å². The number of aromatic nitrogens is 2. The number of imidazole rings is 1. The maximum absolute atomic E-state index is 13.2. The summed E-state index contributed by atoms with van der Waals surface area (Å²) in [6, 6.07) is 20.4. The summed E-state index contributed by atoms with van der Waals surface area (Å²) in [5.41, 5.74) is 2.22. The Balaban J connectivity index is 1.68. The maximum Gasteiger partial charge on any atom is 0.264 e. The highest BCUT2D eigenvalue weighted by atomic mass is 35.5. The Hall–Kier alpha value is -3.36. The molecule has 1 heterocycles. The summed E-state index contributed by atoms with van der Waals surface area (Å²) in [4.78, 5) is 17.6. The molecule has 3 aromatic carbocycles. The van der Waals surface area contributed by atoms with Gasteiger partial charge in [0.25, 0.3) is 15.9 Å². The molecular weight excluding hydrogens is 460 g/mol. The Kier molecular flexibility index (Phi) is 6.40. The predicted molar refractivity (Wildman–Crippen MR) is 131 cm³/mol. The van der Waals surface area contributed by atoms with Crippen molar-refractivity contribution in [2.75, 3.05) is 16.7 Å². The number of nitrogens with one attached hydrogen (secondary N) is 1. The molecular formula is C24H23ClN4O3S. The number of benzene rings is 3. The van der Waals surface area contributed by atoms with E-state index in [9.17, 15) is 13.2 Å². The van der Waals surface area contributed by atoms with Crippen molar-refractivity contribution in [1.29, 1.82) is 0 Å². The van der Waals surface area contributed by atoms with Crippen LogP contribution in [-0.4, -0.2) is 30.9 Å². The lowest BCUT2D eigenvalue weighted by Crippen LogP contribution is -2.27. The molecule has 0 aliphatic rings. The first-order valence-electron chi connectivity index (χ1n) is 10.4. The van der Waals surface area contributed by atoms with Crippen molar-refractivity contribution < 1.29 is 13.2 Å². The molecule has 0 atom stereocenters. The van der Waals surface area contributed by atoms with E-state index >= 15 is 0 Å². The maximum atomic E-state index is 13.2. The van der Waals surface area contributed by atoms with Gasteiger partial charge in [0.15, 0.2) is 0 Å². The SMILES string of the molecule is CCCn1c(NC(=O)c2cc(S(=O)(=O)N(C)c3ccccc3)ccc2Cl)nc2ccccc21. The second-order valence-corrected chi connectivity index (χ2v) is 9.86. The second-order valence-electron chi connectivity index (χ2n) is 7.48. The molecule has 1 amide bonds. The number of nitrogens with zero attached hydrogens (tertiary/aromatic N) is 3. The third-order valence-electron chi connectivity index (χ3n) is 5.29. The minimum Gasteiger partial charge on any atom is -0.310 e. The molecule has 0 fully saturated rings. The second kappa shape index (κ2) is 9.25. The highest BCUT2D eigenvalue weighted by molar-refractivity contribution is 7.92. The molecule has 0 bridgehead atoms. The molecule has 0 saturated heterocycles. The van der Waals surface area contributed by atoms with E-state index in [0.717, 1.165) is 17.5 Å². The standard InChI is InChI=1S/C24H23ClN4O3S/c1-3-15-29-22-12-8-7-11-21(22)26-24(29)27-23(30)19-16-18(13-14-20(19)25)33(31,32)28(2)17-9-5-4-6-10-17/h4-14,16H,3,15H2,1-2H3,(H,26,27,30). The summed E-state index contributed by atoms with van der Waals surface area (Å²) < 4.78 is 29.4. The molecule has 0 radical (unpaired) electrons. The van der Waals surface area contributed by atoms with Crippen molar-refractivity contribution in [3.63, 3.8) is 0 Å². The van der Waals surface area contributed by atoms with Crippen LogP contribution in [0.25, 0.3) is 11.0 Å². The molecule has 0 aliphatic carbocycles. The average Bonchev–Trinajstić information content (AvgIpc) is 3.16. The minimum absolute atomic E-state index is 0.0366. The minimum atomic E-state index is -3.90. The number of aryl methyl sites for hydroxylation is 1. The van der Waals surface area contributed by atoms with Gasteiger partial charge in [0.2, 0.25) is 5.95 Å². The van der Waals surface area contributed by atoms with Crippen molar-refractivity contribution in [1.82, 2.24) is 9.55 Å². The lowest BCUT2D eigenvalue weighted by molar-refractivity contribution is 0.102. The van der Waals surface area contributed by atoms with Gasteiger partial charge in [-0.1, -0.05) is 48.9 Å². The summed E-state index contributed by atoms with van der Waals surface area (Å²) in [6.07, 6.45) is 0.851. The number of hydrogen-bond acceptors (Lipinski definition) is 4. The van der Waals surface area contributed by atoms with Crippen LogP contribution in [-0.2, 0) is 16.6 Å². The monoisotopic (exact) mass is 482 g/mol. The molecule has 0 saturated carbocycles. The van der Waals surface area contributed by atoms with Gasteiger partial charge in [0.1, 0.15) is 0 Å². The molecule has 170 valence electrons. The highest BCUT2D eigenvalue weighted by Gasteiger charge is 2.24. The number of carbonyl (C=O) groups excluding carboxylic acids is 1. The largest absolute Gasteiger partial charge is 0.310 e. The molecule has 1 N–H and O–H groups in total. The summed E-state index contributed by atoms with van der Waals surface area (Å²) in [6.45, 7) is 2.70. The van der Waals surface area contributed by atoms with Gasteiger partial charge < -0.3 is 4.57 Å².